The van der Waals surface area contributed by atoms with Crippen molar-refractivity contribution in [1.29, 1.82) is 0 Å². The number of carbonyl (C=O) groups is 2. The number of thioether (sulfide) groups is 1. The van der Waals surface area contributed by atoms with Crippen LogP contribution >= 0.6 is 11.8 Å². The van der Waals surface area contributed by atoms with Gasteiger partial charge < -0.3 is 5.32 Å². The van der Waals surface area contributed by atoms with E-state index in [0.717, 1.165) is 22.9 Å². The van der Waals surface area contributed by atoms with Crippen LogP contribution in [0.4, 0.5) is 4.79 Å². The molecular weight excluding hydrogens is 374 g/mol. The van der Waals surface area contributed by atoms with E-state index in [2.05, 4.69) is 25.8 Å². The molecule has 2 N–H and O–H groups in total. The lowest BCUT2D eigenvalue weighted by molar-refractivity contribution is -0.119. The molecule has 0 aliphatic heterocycles. The summed E-state index contributed by atoms with van der Waals surface area (Å²) in [5, 5.41) is 12.9. The lowest BCUT2D eigenvalue weighted by Gasteiger charge is -2.12. The molecule has 7 nitrogen and oxygen atoms in total. The molecule has 0 spiro atoms. The molecule has 28 heavy (non-hydrogen) atoms. The molecule has 0 radical (unpaired) electrons. The van der Waals surface area contributed by atoms with Crippen molar-refractivity contribution in [2.24, 2.45) is 0 Å². The number of imide groups is 1. The predicted molar refractivity (Wildman–Crippen MR) is 109 cm³/mol. The fraction of sp³-hybridized carbons (Fsp3) is 0.150. The summed E-state index contributed by atoms with van der Waals surface area (Å²) in [6.45, 7) is 1.68. The Balaban J connectivity index is 1.92. The fourth-order valence-corrected chi connectivity index (χ4v) is 3.15. The molecule has 2 aromatic carbocycles. The first-order valence-electron chi connectivity index (χ1n) is 8.63. The van der Waals surface area contributed by atoms with E-state index in [1.54, 1.807) is 6.92 Å². The topological polar surface area (TPSA) is 96.9 Å². The number of benzene rings is 2. The lowest BCUT2D eigenvalue weighted by Crippen LogP contribution is -2.41. The molecule has 0 saturated heterocycles. The molecule has 0 fully saturated rings. The van der Waals surface area contributed by atoms with Gasteiger partial charge in [0.25, 0.3) is 0 Å². The summed E-state index contributed by atoms with van der Waals surface area (Å²) < 4.78 is 0. The highest BCUT2D eigenvalue weighted by Crippen LogP contribution is 2.30. The minimum atomic E-state index is -0.565. The van der Waals surface area contributed by atoms with Crippen molar-refractivity contribution in [1.82, 2.24) is 25.8 Å². The van der Waals surface area contributed by atoms with Crippen molar-refractivity contribution in [2.75, 3.05) is 7.05 Å². The third-order valence-corrected chi connectivity index (χ3v) is 4.83. The van der Waals surface area contributed by atoms with Crippen LogP contribution in [0.2, 0.25) is 0 Å². The van der Waals surface area contributed by atoms with Crippen molar-refractivity contribution in [2.45, 2.75) is 17.3 Å². The Morgan fingerprint density at radius 1 is 0.893 bits per heavy atom. The maximum Gasteiger partial charge on any atom is 0.321 e. The number of rotatable bonds is 5. The number of aromatic nitrogens is 3. The maximum absolute atomic E-state index is 12.1. The van der Waals surface area contributed by atoms with Crippen LogP contribution in [0.3, 0.4) is 0 Å². The largest absolute Gasteiger partial charge is 0.341 e. The van der Waals surface area contributed by atoms with Gasteiger partial charge in [-0.1, -0.05) is 72.4 Å². The standard InChI is InChI=1S/C20H19N5O2S/c1-13(18(26)23-19(27)21-2)28-20-22-16(14-9-5-3-6-10-14)17(24-25-20)15-11-7-4-8-12-15/h3-13H,1-2H3,(H2,21,23,26,27). The summed E-state index contributed by atoms with van der Waals surface area (Å²) >= 11 is 1.14. The summed E-state index contributed by atoms with van der Waals surface area (Å²) in [4.78, 5) is 28.1. The number of carbonyl (C=O) groups excluding carboxylic acids is 2. The molecule has 1 aromatic heterocycles. The lowest BCUT2D eigenvalue weighted by atomic mass is 10.0. The third-order valence-electron chi connectivity index (χ3n) is 3.88. The van der Waals surface area contributed by atoms with Crippen LogP contribution in [0.1, 0.15) is 6.92 Å². The van der Waals surface area contributed by atoms with E-state index < -0.39 is 17.2 Å². The monoisotopic (exact) mass is 393 g/mol. The second kappa shape index (κ2) is 9.09. The first-order chi connectivity index (χ1) is 13.6. The highest BCUT2D eigenvalue weighted by Gasteiger charge is 2.20. The minimum absolute atomic E-state index is 0.359. The van der Waals surface area contributed by atoms with E-state index in [9.17, 15) is 9.59 Å². The smallest absolute Gasteiger partial charge is 0.321 e. The zero-order chi connectivity index (χ0) is 19.9. The van der Waals surface area contributed by atoms with Crippen LogP contribution in [-0.2, 0) is 4.79 Å². The molecule has 0 saturated carbocycles. The summed E-state index contributed by atoms with van der Waals surface area (Å²) in [6, 6.07) is 18.8. The van der Waals surface area contributed by atoms with Crippen molar-refractivity contribution >= 4 is 23.7 Å². The van der Waals surface area contributed by atoms with Gasteiger partial charge >= 0.3 is 6.03 Å². The SMILES string of the molecule is CNC(=O)NC(=O)C(C)Sc1nnc(-c2ccccc2)c(-c2ccccc2)n1. The van der Waals surface area contributed by atoms with Gasteiger partial charge in [0, 0.05) is 18.2 Å². The van der Waals surface area contributed by atoms with Gasteiger partial charge in [0.15, 0.2) is 0 Å². The van der Waals surface area contributed by atoms with Crippen LogP contribution in [0.5, 0.6) is 0 Å². The molecule has 0 aliphatic rings. The molecule has 3 amide bonds. The Bertz CT molecular complexity index is 967. The maximum atomic E-state index is 12.1. The minimum Gasteiger partial charge on any atom is -0.341 e. The Labute approximate surface area is 167 Å². The normalized spacial score (nSPS) is 11.5. The Morgan fingerprint density at radius 2 is 1.46 bits per heavy atom. The van der Waals surface area contributed by atoms with Crippen LogP contribution < -0.4 is 10.6 Å². The number of urea groups is 1. The molecular formula is C20H19N5O2S. The van der Waals surface area contributed by atoms with E-state index in [1.807, 2.05) is 60.7 Å². The molecule has 1 atom stereocenters. The average Bonchev–Trinajstić information content (AvgIpc) is 2.74. The van der Waals surface area contributed by atoms with E-state index in [0.29, 0.717) is 16.5 Å². The molecule has 3 rings (SSSR count). The van der Waals surface area contributed by atoms with Crippen molar-refractivity contribution < 1.29 is 9.59 Å². The Hall–Kier alpha value is -3.26. The summed E-state index contributed by atoms with van der Waals surface area (Å²) in [5.74, 6) is -0.429. The van der Waals surface area contributed by atoms with Gasteiger partial charge in [-0.05, 0) is 6.92 Å². The molecule has 1 heterocycles. The average molecular weight is 393 g/mol. The van der Waals surface area contributed by atoms with Gasteiger partial charge in [-0.25, -0.2) is 9.78 Å². The van der Waals surface area contributed by atoms with Crippen LogP contribution in [0.25, 0.3) is 22.5 Å². The van der Waals surface area contributed by atoms with Gasteiger partial charge in [0.05, 0.1) is 5.25 Å². The van der Waals surface area contributed by atoms with Crippen LogP contribution in [-0.4, -0.2) is 39.4 Å². The number of nitrogens with zero attached hydrogens (tertiary/aromatic N) is 3. The van der Waals surface area contributed by atoms with Crippen molar-refractivity contribution in [3.05, 3.63) is 60.7 Å². The van der Waals surface area contributed by atoms with E-state index in [1.165, 1.54) is 7.05 Å². The van der Waals surface area contributed by atoms with Crippen molar-refractivity contribution in [3.63, 3.8) is 0 Å². The summed E-state index contributed by atoms with van der Waals surface area (Å²) in [5.41, 5.74) is 3.16. The van der Waals surface area contributed by atoms with Gasteiger partial charge in [-0.15, -0.1) is 10.2 Å². The molecule has 0 aliphatic carbocycles. The highest BCUT2D eigenvalue weighted by atomic mass is 32.2. The summed E-state index contributed by atoms with van der Waals surface area (Å²) in [6.07, 6.45) is 0. The van der Waals surface area contributed by atoms with E-state index in [-0.39, 0.29) is 0 Å². The Morgan fingerprint density at radius 3 is 2.04 bits per heavy atom. The second-order valence-corrected chi connectivity index (χ2v) is 7.16. The molecule has 142 valence electrons. The number of amides is 3. The Kier molecular flexibility index (Phi) is 6.33. The molecule has 1 unspecified atom stereocenters. The van der Waals surface area contributed by atoms with Crippen LogP contribution in [0.15, 0.2) is 65.8 Å². The van der Waals surface area contributed by atoms with E-state index >= 15 is 0 Å². The van der Waals surface area contributed by atoms with Gasteiger partial charge in [-0.3, -0.25) is 10.1 Å². The van der Waals surface area contributed by atoms with Crippen LogP contribution in [0, 0.1) is 0 Å². The zero-order valence-electron chi connectivity index (χ0n) is 15.4. The van der Waals surface area contributed by atoms with Crippen molar-refractivity contribution in [3.8, 4) is 22.5 Å². The predicted octanol–water partition coefficient (Wildman–Crippen LogP) is 3.14. The van der Waals surface area contributed by atoms with E-state index in [4.69, 9.17) is 0 Å². The molecule has 8 heteroatoms. The highest BCUT2D eigenvalue weighted by molar-refractivity contribution is 8.00. The molecule has 3 aromatic rings. The molecule has 0 bridgehead atoms. The second-order valence-electron chi connectivity index (χ2n) is 5.85. The first kappa shape index (κ1) is 19.5. The zero-order valence-corrected chi connectivity index (χ0v) is 16.2. The van der Waals surface area contributed by atoms with Gasteiger partial charge in [-0.2, -0.15) is 0 Å². The fourth-order valence-electron chi connectivity index (χ4n) is 2.44. The first-order valence-corrected chi connectivity index (χ1v) is 9.51. The third kappa shape index (κ3) is 4.72. The van der Waals surface area contributed by atoms with Gasteiger partial charge in [0.1, 0.15) is 11.4 Å². The quantitative estimate of drug-likeness (QED) is 0.647. The summed E-state index contributed by atoms with van der Waals surface area (Å²) in [7, 11) is 1.45. The number of nitrogens with one attached hydrogen (secondary N) is 2. The van der Waals surface area contributed by atoms with Gasteiger partial charge in [0.2, 0.25) is 11.1 Å². The number of hydrogen-bond acceptors (Lipinski definition) is 6. The number of hydrogen-bond donors (Lipinski definition) is 2.